The SMILES string of the molecule is CC(=O)c1cccc[si]1O. The van der Waals surface area contributed by atoms with E-state index in [9.17, 15) is 9.59 Å². The number of ketones is 1. The summed E-state index contributed by atoms with van der Waals surface area (Å²) in [4.78, 5) is 20.0. The van der Waals surface area contributed by atoms with Gasteiger partial charge in [0.1, 0.15) is 0 Å². The van der Waals surface area contributed by atoms with Crippen LogP contribution >= 0.6 is 0 Å². The van der Waals surface area contributed by atoms with Gasteiger partial charge in [-0.05, 0) is 12.6 Å². The monoisotopic (exact) mass is 152 g/mol. The lowest BCUT2D eigenvalue weighted by molar-refractivity contribution is 0.102. The normalized spacial score (nSPS) is 9.30. The highest BCUT2D eigenvalue weighted by molar-refractivity contribution is 6.51. The van der Waals surface area contributed by atoms with Gasteiger partial charge in [-0.15, -0.1) is 0 Å². The van der Waals surface area contributed by atoms with Crippen molar-refractivity contribution in [1.82, 2.24) is 0 Å². The molecule has 0 aliphatic heterocycles. The molecular weight excluding hydrogens is 144 g/mol. The van der Waals surface area contributed by atoms with Gasteiger partial charge in [0.15, 0.2) is 5.78 Å². The number of rotatable bonds is 1. The van der Waals surface area contributed by atoms with E-state index in [4.69, 9.17) is 0 Å². The van der Waals surface area contributed by atoms with E-state index in [0.29, 0.717) is 5.17 Å². The second-order valence-electron chi connectivity index (χ2n) is 2.07. The zero-order chi connectivity index (χ0) is 7.56. The molecule has 0 saturated heterocycles. The number of hydrogen-bond donors (Lipinski definition) is 1. The highest BCUT2D eigenvalue weighted by Gasteiger charge is 2.04. The number of hydrogen-bond acceptors (Lipinski definition) is 2. The zero-order valence-electron chi connectivity index (χ0n) is 5.66. The maximum absolute atomic E-state index is 10.8. The minimum Gasteiger partial charge on any atom is -0.562 e. The van der Waals surface area contributed by atoms with Crippen molar-refractivity contribution in [2.45, 2.75) is 6.92 Å². The van der Waals surface area contributed by atoms with Gasteiger partial charge in [0.05, 0.1) is 0 Å². The van der Waals surface area contributed by atoms with Crippen molar-refractivity contribution in [3.8, 4) is 0 Å². The van der Waals surface area contributed by atoms with Crippen LogP contribution in [0.15, 0.2) is 23.9 Å². The minimum atomic E-state index is -1.63. The van der Waals surface area contributed by atoms with E-state index < -0.39 is 8.64 Å². The summed E-state index contributed by atoms with van der Waals surface area (Å²) < 4.78 is 0. The lowest BCUT2D eigenvalue weighted by Crippen LogP contribution is -2.06. The lowest BCUT2D eigenvalue weighted by atomic mass is 10.3. The van der Waals surface area contributed by atoms with Gasteiger partial charge < -0.3 is 4.80 Å². The Labute approximate surface area is 60.8 Å². The topological polar surface area (TPSA) is 37.3 Å². The molecule has 0 aliphatic rings. The maximum Gasteiger partial charge on any atom is 0.269 e. The van der Waals surface area contributed by atoms with Crippen LogP contribution in [0.2, 0.25) is 0 Å². The molecule has 0 saturated carbocycles. The summed E-state index contributed by atoms with van der Waals surface area (Å²) in [6.45, 7) is 1.47. The largest absolute Gasteiger partial charge is 0.562 e. The molecule has 0 unspecified atom stereocenters. The van der Waals surface area contributed by atoms with Crippen molar-refractivity contribution in [2.75, 3.05) is 0 Å². The Balaban J connectivity index is 3.15. The minimum absolute atomic E-state index is 0.0306. The number of Topliss-reactive ketones (excluding diaryl/α,β-unsaturated/α-hetero) is 1. The summed E-state index contributed by atoms with van der Waals surface area (Å²) in [5, 5.41) is 0.563. The summed E-state index contributed by atoms with van der Waals surface area (Å²) in [6, 6.07) is 5.21. The highest BCUT2D eigenvalue weighted by Crippen LogP contribution is 1.96. The molecule has 0 atom stereocenters. The van der Waals surface area contributed by atoms with Gasteiger partial charge in [0.2, 0.25) is 0 Å². The molecule has 2 nitrogen and oxygen atoms in total. The smallest absolute Gasteiger partial charge is 0.269 e. The first-order valence-electron chi connectivity index (χ1n) is 3.01. The van der Waals surface area contributed by atoms with E-state index in [1.807, 2.05) is 0 Å². The third kappa shape index (κ3) is 1.30. The van der Waals surface area contributed by atoms with Crippen molar-refractivity contribution in [3.63, 3.8) is 0 Å². The summed E-state index contributed by atoms with van der Waals surface area (Å²) >= 11 is 0. The van der Waals surface area contributed by atoms with Crippen molar-refractivity contribution >= 4 is 14.4 Å². The fourth-order valence-electron chi connectivity index (χ4n) is 0.771. The quantitative estimate of drug-likeness (QED) is 0.474. The Hall–Kier alpha value is -0.963. The van der Waals surface area contributed by atoms with Gasteiger partial charge >= 0.3 is 0 Å². The molecule has 0 bridgehead atoms. The second kappa shape index (κ2) is 2.75. The zero-order valence-corrected chi connectivity index (χ0v) is 6.66. The average Bonchev–Trinajstić information content (AvgIpc) is 1.88. The molecule has 1 N–H and O–H groups in total. The van der Waals surface area contributed by atoms with E-state index in [0.717, 1.165) is 0 Å². The Morgan fingerprint density at radius 1 is 1.60 bits per heavy atom. The van der Waals surface area contributed by atoms with Crippen molar-refractivity contribution in [2.24, 2.45) is 0 Å². The first-order valence-corrected chi connectivity index (χ1v) is 4.53. The molecule has 1 aromatic heterocycles. The first-order chi connectivity index (χ1) is 4.72. The molecular formula is C7H8O2Si. The van der Waals surface area contributed by atoms with Crippen LogP contribution in [0, 0.1) is 0 Å². The second-order valence-corrected chi connectivity index (χ2v) is 3.72. The molecule has 1 rings (SSSR count). The predicted octanol–water partition coefficient (Wildman–Crippen LogP) is 0.670. The first kappa shape index (κ1) is 7.15. The maximum atomic E-state index is 10.8. The molecule has 10 heavy (non-hydrogen) atoms. The molecule has 0 spiro atoms. The molecule has 1 heterocycles. The summed E-state index contributed by atoms with van der Waals surface area (Å²) in [6.07, 6.45) is 0. The van der Waals surface area contributed by atoms with Crippen LogP contribution in [0.5, 0.6) is 0 Å². The molecule has 52 valence electrons. The van der Waals surface area contributed by atoms with E-state index in [-0.39, 0.29) is 5.78 Å². The Morgan fingerprint density at radius 3 is 2.70 bits per heavy atom. The number of carbonyl (C=O) groups excluding carboxylic acids is 1. The van der Waals surface area contributed by atoms with Gasteiger partial charge in [0.25, 0.3) is 8.64 Å². The third-order valence-electron chi connectivity index (χ3n) is 1.28. The van der Waals surface area contributed by atoms with Crippen LogP contribution in [0.3, 0.4) is 0 Å². The Kier molecular flexibility index (Phi) is 1.96. The van der Waals surface area contributed by atoms with E-state index in [2.05, 4.69) is 0 Å². The molecule has 0 amide bonds. The van der Waals surface area contributed by atoms with Gasteiger partial charge in [-0.3, -0.25) is 4.79 Å². The summed E-state index contributed by atoms with van der Waals surface area (Å²) in [5.41, 5.74) is 1.68. The van der Waals surface area contributed by atoms with Gasteiger partial charge in [-0.25, -0.2) is 0 Å². The molecule has 0 aliphatic carbocycles. The Morgan fingerprint density at radius 2 is 2.30 bits per heavy atom. The molecule has 0 aromatic carbocycles. The molecule has 1 aromatic rings. The van der Waals surface area contributed by atoms with Crippen LogP contribution in [-0.4, -0.2) is 19.2 Å². The van der Waals surface area contributed by atoms with Crippen LogP contribution in [0.1, 0.15) is 16.9 Å². The van der Waals surface area contributed by atoms with Crippen molar-refractivity contribution in [3.05, 3.63) is 29.1 Å². The summed E-state index contributed by atoms with van der Waals surface area (Å²) in [7, 11) is -1.63. The molecule has 0 radical (unpaired) electrons. The molecule has 3 heteroatoms. The van der Waals surface area contributed by atoms with Gasteiger partial charge in [-0.2, -0.15) is 0 Å². The standard InChI is InChI=1S/C7H8O2Si/c1-6(8)7-4-2-3-5-10(7)9/h2-5,9H,1H3. The Bertz CT molecular complexity index is 258. The van der Waals surface area contributed by atoms with Crippen LogP contribution < -0.4 is 0 Å². The highest BCUT2D eigenvalue weighted by atomic mass is 28.3. The average molecular weight is 152 g/mol. The van der Waals surface area contributed by atoms with E-state index in [1.165, 1.54) is 6.92 Å². The molecule has 0 fully saturated rings. The van der Waals surface area contributed by atoms with Crippen molar-refractivity contribution < 1.29 is 9.59 Å². The predicted molar refractivity (Wildman–Crippen MR) is 40.0 cm³/mol. The van der Waals surface area contributed by atoms with Gasteiger partial charge in [0, 0.05) is 5.17 Å². The van der Waals surface area contributed by atoms with Crippen LogP contribution in [0.4, 0.5) is 0 Å². The lowest BCUT2D eigenvalue weighted by Gasteiger charge is -1.95. The van der Waals surface area contributed by atoms with E-state index in [1.54, 1.807) is 23.9 Å². The van der Waals surface area contributed by atoms with E-state index >= 15 is 0 Å². The van der Waals surface area contributed by atoms with Gasteiger partial charge in [-0.1, -0.05) is 18.2 Å². The van der Waals surface area contributed by atoms with Crippen LogP contribution in [-0.2, 0) is 0 Å². The third-order valence-corrected chi connectivity index (χ3v) is 2.86. The fraction of sp³-hybridized carbons (Fsp3) is 0.143. The van der Waals surface area contributed by atoms with Crippen LogP contribution in [0.25, 0.3) is 0 Å². The van der Waals surface area contributed by atoms with Crippen molar-refractivity contribution in [1.29, 1.82) is 0 Å². The number of carbonyl (C=O) groups is 1. The fourth-order valence-corrected chi connectivity index (χ4v) is 1.87. The summed E-state index contributed by atoms with van der Waals surface area (Å²) in [5.74, 6) is -0.0306.